The van der Waals surface area contributed by atoms with Gasteiger partial charge in [-0.05, 0) is 44.9 Å². The molecule has 20 heavy (non-hydrogen) atoms. The standard InChI is InChI=1S/C16H20FN3/c1-11(10-14-4-6-15(17)7-5-14)20-13(3)16-12(2)18-8-9-19-16/h4-9,11,13,20H,10H2,1-3H3. The lowest BCUT2D eigenvalue weighted by Crippen LogP contribution is -2.31. The molecule has 0 saturated heterocycles. The molecule has 0 aliphatic heterocycles. The smallest absolute Gasteiger partial charge is 0.123 e. The summed E-state index contributed by atoms with van der Waals surface area (Å²) in [7, 11) is 0. The second kappa shape index (κ2) is 6.57. The molecule has 4 heteroatoms. The quantitative estimate of drug-likeness (QED) is 0.909. The number of aryl methyl sites for hydroxylation is 1. The van der Waals surface area contributed by atoms with E-state index >= 15 is 0 Å². The molecule has 0 aliphatic rings. The maximum absolute atomic E-state index is 12.9. The van der Waals surface area contributed by atoms with Crippen LogP contribution in [0.1, 0.15) is 36.8 Å². The Hall–Kier alpha value is -1.81. The Kier molecular flexibility index (Phi) is 4.79. The van der Waals surface area contributed by atoms with E-state index in [4.69, 9.17) is 0 Å². The molecule has 106 valence electrons. The van der Waals surface area contributed by atoms with Crippen molar-refractivity contribution >= 4 is 0 Å². The van der Waals surface area contributed by atoms with Gasteiger partial charge in [-0.15, -0.1) is 0 Å². The topological polar surface area (TPSA) is 37.8 Å². The van der Waals surface area contributed by atoms with Crippen LogP contribution in [0.2, 0.25) is 0 Å². The van der Waals surface area contributed by atoms with Crippen molar-refractivity contribution in [2.75, 3.05) is 0 Å². The first kappa shape index (κ1) is 14.6. The number of hydrogen-bond acceptors (Lipinski definition) is 3. The monoisotopic (exact) mass is 273 g/mol. The molecule has 0 bridgehead atoms. The summed E-state index contributed by atoms with van der Waals surface area (Å²) in [5.74, 6) is -0.196. The predicted molar refractivity (Wildman–Crippen MR) is 77.9 cm³/mol. The van der Waals surface area contributed by atoms with Crippen LogP contribution in [0.5, 0.6) is 0 Å². The Morgan fingerprint density at radius 1 is 1.10 bits per heavy atom. The molecule has 0 saturated carbocycles. The molecule has 2 atom stereocenters. The molecule has 2 rings (SSSR count). The van der Waals surface area contributed by atoms with Crippen LogP contribution in [0.3, 0.4) is 0 Å². The lowest BCUT2D eigenvalue weighted by molar-refractivity contribution is 0.467. The van der Waals surface area contributed by atoms with Gasteiger partial charge in [0.05, 0.1) is 11.4 Å². The first-order valence-corrected chi connectivity index (χ1v) is 6.84. The molecule has 0 amide bonds. The Morgan fingerprint density at radius 3 is 2.40 bits per heavy atom. The number of benzene rings is 1. The third kappa shape index (κ3) is 3.84. The van der Waals surface area contributed by atoms with Crippen LogP contribution in [0.4, 0.5) is 4.39 Å². The van der Waals surface area contributed by atoms with E-state index in [1.165, 1.54) is 12.1 Å². The van der Waals surface area contributed by atoms with Gasteiger partial charge < -0.3 is 5.32 Å². The van der Waals surface area contributed by atoms with Crippen molar-refractivity contribution in [3.05, 3.63) is 59.4 Å². The van der Waals surface area contributed by atoms with Crippen molar-refractivity contribution in [1.82, 2.24) is 15.3 Å². The highest BCUT2D eigenvalue weighted by atomic mass is 19.1. The average Bonchev–Trinajstić information content (AvgIpc) is 2.41. The first-order chi connectivity index (χ1) is 9.56. The maximum atomic E-state index is 12.9. The fourth-order valence-electron chi connectivity index (χ4n) is 2.38. The number of rotatable bonds is 5. The highest BCUT2D eigenvalue weighted by Gasteiger charge is 2.13. The molecule has 0 spiro atoms. The number of aromatic nitrogens is 2. The number of nitrogens with zero attached hydrogens (tertiary/aromatic N) is 2. The lowest BCUT2D eigenvalue weighted by atomic mass is 10.1. The normalized spacial score (nSPS) is 14.0. The summed E-state index contributed by atoms with van der Waals surface area (Å²) in [6.07, 6.45) is 4.27. The van der Waals surface area contributed by atoms with Crippen LogP contribution < -0.4 is 5.32 Å². The molecule has 2 unspecified atom stereocenters. The summed E-state index contributed by atoms with van der Waals surface area (Å²) >= 11 is 0. The Labute approximate surface area is 119 Å². The summed E-state index contributed by atoms with van der Waals surface area (Å²) < 4.78 is 12.9. The van der Waals surface area contributed by atoms with Crippen molar-refractivity contribution in [2.24, 2.45) is 0 Å². The van der Waals surface area contributed by atoms with Crippen molar-refractivity contribution in [3.63, 3.8) is 0 Å². The third-order valence-corrected chi connectivity index (χ3v) is 3.32. The summed E-state index contributed by atoms with van der Waals surface area (Å²) in [5, 5.41) is 3.50. The second-order valence-electron chi connectivity index (χ2n) is 5.15. The number of halogens is 1. The SMILES string of the molecule is Cc1nccnc1C(C)NC(C)Cc1ccc(F)cc1. The van der Waals surface area contributed by atoms with Crippen LogP contribution in [-0.2, 0) is 6.42 Å². The molecule has 1 heterocycles. The van der Waals surface area contributed by atoms with Gasteiger partial charge in [-0.2, -0.15) is 0 Å². The summed E-state index contributed by atoms with van der Waals surface area (Å²) in [5.41, 5.74) is 3.04. The van der Waals surface area contributed by atoms with E-state index in [0.717, 1.165) is 23.4 Å². The van der Waals surface area contributed by atoms with Crippen LogP contribution >= 0.6 is 0 Å². The van der Waals surface area contributed by atoms with Crippen molar-refractivity contribution in [3.8, 4) is 0 Å². The Morgan fingerprint density at radius 2 is 1.75 bits per heavy atom. The van der Waals surface area contributed by atoms with Crippen LogP contribution in [0.15, 0.2) is 36.7 Å². The third-order valence-electron chi connectivity index (χ3n) is 3.32. The second-order valence-corrected chi connectivity index (χ2v) is 5.15. The van der Waals surface area contributed by atoms with Gasteiger partial charge in [0.15, 0.2) is 0 Å². The molecule has 0 fully saturated rings. The van der Waals surface area contributed by atoms with Crippen molar-refractivity contribution in [2.45, 2.75) is 39.3 Å². The Bertz CT molecular complexity index is 554. The molecule has 2 aromatic rings. The van der Waals surface area contributed by atoms with E-state index in [0.29, 0.717) is 0 Å². The van der Waals surface area contributed by atoms with Gasteiger partial charge in [-0.25, -0.2) is 4.39 Å². The fraction of sp³-hybridized carbons (Fsp3) is 0.375. The molecular formula is C16H20FN3. The predicted octanol–water partition coefficient (Wildman–Crippen LogP) is 3.21. The average molecular weight is 273 g/mol. The van der Waals surface area contributed by atoms with Crippen molar-refractivity contribution < 1.29 is 4.39 Å². The first-order valence-electron chi connectivity index (χ1n) is 6.84. The largest absolute Gasteiger partial charge is 0.306 e. The van der Waals surface area contributed by atoms with E-state index in [-0.39, 0.29) is 17.9 Å². The van der Waals surface area contributed by atoms with Gasteiger partial charge in [-0.1, -0.05) is 12.1 Å². The minimum absolute atomic E-state index is 0.138. The summed E-state index contributed by atoms with van der Waals surface area (Å²) in [4.78, 5) is 8.63. The highest BCUT2D eigenvalue weighted by molar-refractivity contribution is 5.17. The van der Waals surface area contributed by atoms with Crippen LogP contribution in [0.25, 0.3) is 0 Å². The minimum Gasteiger partial charge on any atom is -0.306 e. The number of nitrogens with one attached hydrogen (secondary N) is 1. The maximum Gasteiger partial charge on any atom is 0.123 e. The molecule has 0 radical (unpaired) electrons. The van der Waals surface area contributed by atoms with Gasteiger partial charge in [-0.3, -0.25) is 9.97 Å². The van der Waals surface area contributed by atoms with E-state index in [2.05, 4.69) is 29.1 Å². The lowest BCUT2D eigenvalue weighted by Gasteiger charge is -2.20. The van der Waals surface area contributed by atoms with Crippen molar-refractivity contribution in [1.29, 1.82) is 0 Å². The summed E-state index contributed by atoms with van der Waals surface area (Å²) in [6.45, 7) is 6.16. The zero-order valence-corrected chi connectivity index (χ0v) is 12.1. The molecule has 1 N–H and O–H groups in total. The van der Waals surface area contributed by atoms with Gasteiger partial charge >= 0.3 is 0 Å². The van der Waals surface area contributed by atoms with Gasteiger partial charge in [0, 0.05) is 24.5 Å². The Balaban J connectivity index is 1.96. The molecule has 1 aromatic heterocycles. The van der Waals surface area contributed by atoms with Crippen LogP contribution in [0, 0.1) is 12.7 Å². The van der Waals surface area contributed by atoms with E-state index in [9.17, 15) is 4.39 Å². The fourth-order valence-corrected chi connectivity index (χ4v) is 2.38. The zero-order chi connectivity index (χ0) is 14.5. The molecule has 3 nitrogen and oxygen atoms in total. The van der Waals surface area contributed by atoms with Gasteiger partial charge in [0.2, 0.25) is 0 Å². The van der Waals surface area contributed by atoms with Crippen LogP contribution in [-0.4, -0.2) is 16.0 Å². The number of hydrogen-bond donors (Lipinski definition) is 1. The highest BCUT2D eigenvalue weighted by Crippen LogP contribution is 2.14. The molecule has 0 aliphatic carbocycles. The zero-order valence-electron chi connectivity index (χ0n) is 12.1. The molecular weight excluding hydrogens is 253 g/mol. The van der Waals surface area contributed by atoms with Gasteiger partial charge in [0.25, 0.3) is 0 Å². The summed E-state index contributed by atoms with van der Waals surface area (Å²) in [6, 6.07) is 7.06. The van der Waals surface area contributed by atoms with E-state index in [1.54, 1.807) is 12.4 Å². The minimum atomic E-state index is -0.196. The molecule has 1 aromatic carbocycles. The van der Waals surface area contributed by atoms with E-state index in [1.807, 2.05) is 19.1 Å². The van der Waals surface area contributed by atoms with Gasteiger partial charge in [0.1, 0.15) is 5.82 Å². The van der Waals surface area contributed by atoms with E-state index < -0.39 is 0 Å².